The molecular weight excluding hydrogens is 408 g/mol. The van der Waals surface area contributed by atoms with E-state index in [2.05, 4.69) is 65.7 Å². The Labute approximate surface area is 188 Å². The first-order valence-electron chi connectivity index (χ1n) is 10.8. The van der Waals surface area contributed by atoms with Crippen LogP contribution in [-0.2, 0) is 22.4 Å². The van der Waals surface area contributed by atoms with E-state index in [4.69, 9.17) is 10.2 Å². The number of rotatable bonds is 5. The van der Waals surface area contributed by atoms with Crippen LogP contribution in [0, 0.1) is 0 Å². The lowest BCUT2D eigenvalue weighted by atomic mass is 9.93. The quantitative estimate of drug-likeness (QED) is 0.530. The van der Waals surface area contributed by atoms with Gasteiger partial charge in [-0.15, -0.1) is 0 Å². The standard InChI is InChI=1S/C21H26N2O.C4H4O4/c1-2-23-13-19(20(24)14-23)22-21-17-9-5-3-7-15(17)11-12-16-8-4-6-10-18(16)21;5-3(6)1-2-4(7)8/h3-10,19-22,24H,2,11-14H2,1H3;1-2H,(H,5,6)(H,7,8)/b;2-1-/t19-,20-;/m1./s1. The van der Waals surface area contributed by atoms with Crippen LogP contribution in [-0.4, -0.2) is 63.9 Å². The van der Waals surface area contributed by atoms with E-state index in [0.717, 1.165) is 32.5 Å². The second kappa shape index (κ2) is 11.0. The van der Waals surface area contributed by atoms with Crippen molar-refractivity contribution < 1.29 is 24.9 Å². The van der Waals surface area contributed by atoms with E-state index >= 15 is 0 Å². The smallest absolute Gasteiger partial charge is 0.328 e. The highest BCUT2D eigenvalue weighted by atomic mass is 16.4. The Kier molecular flexibility index (Phi) is 8.16. The Morgan fingerprint density at radius 2 is 1.44 bits per heavy atom. The van der Waals surface area contributed by atoms with Gasteiger partial charge in [0.15, 0.2) is 0 Å². The molecule has 0 saturated carbocycles. The Morgan fingerprint density at radius 1 is 0.938 bits per heavy atom. The summed E-state index contributed by atoms with van der Waals surface area (Å²) >= 11 is 0. The predicted octanol–water partition coefficient (Wildman–Crippen LogP) is 2.24. The summed E-state index contributed by atoms with van der Waals surface area (Å²) in [7, 11) is 0. The molecule has 1 saturated heterocycles. The number of aryl methyl sites for hydroxylation is 2. The van der Waals surface area contributed by atoms with Crippen LogP contribution in [0.3, 0.4) is 0 Å². The Bertz CT molecular complexity index is 911. The number of aliphatic carboxylic acids is 2. The largest absolute Gasteiger partial charge is 0.478 e. The number of nitrogens with zero attached hydrogens (tertiary/aromatic N) is 1. The maximum atomic E-state index is 10.5. The lowest BCUT2D eigenvalue weighted by molar-refractivity contribution is -0.134. The highest BCUT2D eigenvalue weighted by Gasteiger charge is 2.34. The average Bonchev–Trinajstić information content (AvgIpc) is 3.06. The molecule has 170 valence electrons. The monoisotopic (exact) mass is 438 g/mol. The summed E-state index contributed by atoms with van der Waals surface area (Å²) in [5, 5.41) is 29.9. The molecule has 0 aromatic heterocycles. The van der Waals surface area contributed by atoms with Crippen molar-refractivity contribution in [1.29, 1.82) is 0 Å². The number of aliphatic hydroxyl groups excluding tert-OH is 1. The number of carbonyl (C=O) groups is 2. The van der Waals surface area contributed by atoms with Gasteiger partial charge in [0.05, 0.1) is 12.1 Å². The van der Waals surface area contributed by atoms with Gasteiger partial charge in [0.25, 0.3) is 0 Å². The molecule has 0 amide bonds. The maximum Gasteiger partial charge on any atom is 0.328 e. The number of carboxylic acids is 2. The van der Waals surface area contributed by atoms with Gasteiger partial charge in [0.2, 0.25) is 0 Å². The molecule has 4 rings (SSSR count). The van der Waals surface area contributed by atoms with Crippen LogP contribution in [0.5, 0.6) is 0 Å². The van der Waals surface area contributed by atoms with Gasteiger partial charge in [-0.05, 0) is 41.6 Å². The van der Waals surface area contributed by atoms with Crippen LogP contribution in [0.4, 0.5) is 0 Å². The summed E-state index contributed by atoms with van der Waals surface area (Å²) in [6, 6.07) is 17.8. The molecular formula is C25H30N2O5. The third-order valence-corrected chi connectivity index (χ3v) is 5.96. The number of likely N-dealkylation sites (N-methyl/N-ethyl adjacent to an activating group) is 1. The van der Waals surface area contributed by atoms with Crippen molar-refractivity contribution in [3.05, 3.63) is 82.9 Å². The van der Waals surface area contributed by atoms with Gasteiger partial charge in [-0.3, -0.25) is 10.2 Å². The number of fused-ring (bicyclic) bond motifs is 2. The van der Waals surface area contributed by atoms with E-state index in [1.165, 1.54) is 22.3 Å². The third-order valence-electron chi connectivity index (χ3n) is 5.96. The number of β-amino-alcohol motifs (C(OH)–C–C–N with tert-alkyl or cyclic N) is 1. The number of benzene rings is 2. The molecule has 0 unspecified atom stereocenters. The molecule has 1 fully saturated rings. The van der Waals surface area contributed by atoms with Crippen molar-refractivity contribution >= 4 is 11.9 Å². The summed E-state index contributed by atoms with van der Waals surface area (Å²) in [5.41, 5.74) is 5.58. The molecule has 0 spiro atoms. The number of nitrogens with one attached hydrogen (secondary N) is 1. The molecule has 2 aromatic carbocycles. The number of hydrogen-bond donors (Lipinski definition) is 4. The Morgan fingerprint density at radius 3 is 1.88 bits per heavy atom. The number of hydrogen-bond acceptors (Lipinski definition) is 5. The van der Waals surface area contributed by atoms with Crippen molar-refractivity contribution in [2.24, 2.45) is 0 Å². The lowest BCUT2D eigenvalue weighted by Gasteiger charge is -2.27. The van der Waals surface area contributed by atoms with E-state index in [0.29, 0.717) is 12.2 Å². The molecule has 2 aromatic rings. The Balaban J connectivity index is 0.000000312. The average molecular weight is 439 g/mol. The van der Waals surface area contributed by atoms with Crippen molar-refractivity contribution in [3.8, 4) is 0 Å². The van der Waals surface area contributed by atoms with Crippen LogP contribution in [0.1, 0.15) is 35.2 Å². The summed E-state index contributed by atoms with van der Waals surface area (Å²) in [6.45, 7) is 4.83. The lowest BCUT2D eigenvalue weighted by Crippen LogP contribution is -2.42. The van der Waals surface area contributed by atoms with Crippen LogP contribution < -0.4 is 5.32 Å². The van der Waals surface area contributed by atoms with Gasteiger partial charge in [-0.2, -0.15) is 0 Å². The molecule has 7 heteroatoms. The van der Waals surface area contributed by atoms with Gasteiger partial charge in [0, 0.05) is 31.3 Å². The van der Waals surface area contributed by atoms with Crippen molar-refractivity contribution in [1.82, 2.24) is 10.2 Å². The topological polar surface area (TPSA) is 110 Å². The Hall–Kier alpha value is -3.00. The zero-order valence-electron chi connectivity index (χ0n) is 18.1. The van der Waals surface area contributed by atoms with Gasteiger partial charge < -0.3 is 15.3 Å². The van der Waals surface area contributed by atoms with Gasteiger partial charge in [-0.1, -0.05) is 55.5 Å². The number of likely N-dealkylation sites (tertiary alicyclic amines) is 1. The van der Waals surface area contributed by atoms with E-state index in [-0.39, 0.29) is 18.2 Å². The van der Waals surface area contributed by atoms with Crippen molar-refractivity contribution in [3.63, 3.8) is 0 Å². The zero-order valence-corrected chi connectivity index (χ0v) is 18.1. The van der Waals surface area contributed by atoms with E-state index in [1.807, 2.05) is 0 Å². The van der Waals surface area contributed by atoms with E-state index in [9.17, 15) is 14.7 Å². The molecule has 1 aliphatic heterocycles. The van der Waals surface area contributed by atoms with Crippen LogP contribution in [0.2, 0.25) is 0 Å². The second-order valence-corrected chi connectivity index (χ2v) is 8.03. The van der Waals surface area contributed by atoms with Crippen molar-refractivity contribution in [2.75, 3.05) is 19.6 Å². The first-order valence-corrected chi connectivity index (χ1v) is 10.8. The summed E-state index contributed by atoms with van der Waals surface area (Å²) in [6.07, 6.45) is 2.98. The molecule has 1 aliphatic carbocycles. The van der Waals surface area contributed by atoms with Gasteiger partial charge in [-0.25, -0.2) is 9.59 Å². The SMILES string of the molecule is CCN1C[C@@H](O)[C@H](NC2c3ccccc3CCc3ccccc32)C1.O=C(O)/C=C\C(=O)O. The fourth-order valence-corrected chi connectivity index (χ4v) is 4.35. The van der Waals surface area contributed by atoms with Crippen LogP contribution in [0.25, 0.3) is 0 Å². The molecule has 4 N–H and O–H groups in total. The van der Waals surface area contributed by atoms with Crippen molar-refractivity contribution in [2.45, 2.75) is 38.0 Å². The van der Waals surface area contributed by atoms with Crippen LogP contribution in [0.15, 0.2) is 60.7 Å². The summed E-state index contributed by atoms with van der Waals surface area (Å²) in [4.78, 5) is 21.4. The fourth-order valence-electron chi connectivity index (χ4n) is 4.35. The number of aliphatic hydroxyl groups is 1. The first kappa shape index (κ1) is 23.7. The zero-order chi connectivity index (χ0) is 23.1. The molecule has 2 aliphatic rings. The third kappa shape index (κ3) is 6.03. The van der Waals surface area contributed by atoms with E-state index < -0.39 is 11.9 Å². The van der Waals surface area contributed by atoms with Gasteiger partial charge in [0.1, 0.15) is 0 Å². The molecule has 32 heavy (non-hydrogen) atoms. The first-order chi connectivity index (χ1) is 15.4. The molecule has 2 atom stereocenters. The molecule has 7 nitrogen and oxygen atoms in total. The minimum Gasteiger partial charge on any atom is -0.478 e. The normalized spacial score (nSPS) is 20.7. The summed E-state index contributed by atoms with van der Waals surface area (Å²) < 4.78 is 0. The maximum absolute atomic E-state index is 10.5. The highest BCUT2D eigenvalue weighted by molar-refractivity contribution is 5.89. The van der Waals surface area contributed by atoms with Crippen LogP contribution >= 0.6 is 0 Å². The molecule has 1 heterocycles. The predicted molar refractivity (Wildman–Crippen MR) is 122 cm³/mol. The summed E-state index contributed by atoms with van der Waals surface area (Å²) in [5.74, 6) is -2.51. The molecule has 0 radical (unpaired) electrons. The molecule has 0 bridgehead atoms. The fraction of sp³-hybridized carbons (Fsp3) is 0.360. The second-order valence-electron chi connectivity index (χ2n) is 8.03. The highest BCUT2D eigenvalue weighted by Crippen LogP contribution is 2.33. The van der Waals surface area contributed by atoms with Gasteiger partial charge >= 0.3 is 11.9 Å². The van der Waals surface area contributed by atoms with E-state index in [1.54, 1.807) is 0 Å². The number of carboxylic acid groups (broad SMARTS) is 2. The minimum absolute atomic E-state index is 0.120. The minimum atomic E-state index is -1.26.